The number of rotatable bonds is 9. The smallest absolute Gasteiger partial charge is 0.407 e. The summed E-state index contributed by atoms with van der Waals surface area (Å²) in [7, 11) is 0. The van der Waals surface area contributed by atoms with E-state index >= 15 is 0 Å². The number of alkyl carbamates (subject to hydrolysis) is 1. The summed E-state index contributed by atoms with van der Waals surface area (Å²) < 4.78 is 10.8. The van der Waals surface area contributed by atoms with Crippen molar-refractivity contribution in [3.63, 3.8) is 0 Å². The maximum absolute atomic E-state index is 12.9. The van der Waals surface area contributed by atoms with Gasteiger partial charge in [-0.25, -0.2) is 9.59 Å². The van der Waals surface area contributed by atoms with Gasteiger partial charge >= 0.3 is 12.1 Å². The maximum atomic E-state index is 12.9. The minimum absolute atomic E-state index is 0.0800. The molecular formula is C25H28N2O6S. The first-order valence-electron chi connectivity index (χ1n) is 11.2. The molecule has 2 aliphatic rings. The number of carboxylic acid groups (broad SMARTS) is 1. The Morgan fingerprint density at radius 1 is 1.12 bits per heavy atom. The van der Waals surface area contributed by atoms with Crippen LogP contribution in [0.1, 0.15) is 29.9 Å². The van der Waals surface area contributed by atoms with Crippen molar-refractivity contribution < 1.29 is 29.0 Å². The number of ether oxygens (including phenoxy) is 2. The van der Waals surface area contributed by atoms with E-state index in [9.17, 15) is 19.5 Å². The van der Waals surface area contributed by atoms with Crippen LogP contribution in [0.4, 0.5) is 4.79 Å². The van der Waals surface area contributed by atoms with Gasteiger partial charge in [-0.1, -0.05) is 48.5 Å². The van der Waals surface area contributed by atoms with Crippen LogP contribution in [0, 0.1) is 0 Å². The summed E-state index contributed by atoms with van der Waals surface area (Å²) in [4.78, 5) is 36.9. The van der Waals surface area contributed by atoms with Crippen molar-refractivity contribution in [2.24, 2.45) is 0 Å². The van der Waals surface area contributed by atoms with E-state index in [0.29, 0.717) is 18.6 Å². The Hall–Kier alpha value is -3.04. The lowest BCUT2D eigenvalue weighted by atomic mass is 9.98. The molecule has 2 aromatic carbocycles. The zero-order valence-corrected chi connectivity index (χ0v) is 19.7. The molecule has 1 heterocycles. The molecule has 0 spiro atoms. The van der Waals surface area contributed by atoms with Crippen molar-refractivity contribution in [3.05, 3.63) is 59.7 Å². The van der Waals surface area contributed by atoms with Crippen molar-refractivity contribution >= 4 is 29.7 Å². The number of aliphatic carboxylic acids is 1. The van der Waals surface area contributed by atoms with Crippen LogP contribution >= 0.6 is 11.8 Å². The van der Waals surface area contributed by atoms with E-state index in [1.165, 1.54) is 0 Å². The van der Waals surface area contributed by atoms with Gasteiger partial charge in [0.25, 0.3) is 0 Å². The highest BCUT2D eigenvalue weighted by molar-refractivity contribution is 7.98. The fourth-order valence-electron chi connectivity index (χ4n) is 4.55. The topological polar surface area (TPSA) is 114 Å². The lowest BCUT2D eigenvalue weighted by molar-refractivity contribution is -0.148. The summed E-state index contributed by atoms with van der Waals surface area (Å²) in [5.41, 5.74) is 4.48. The Kier molecular flexibility index (Phi) is 7.74. The van der Waals surface area contributed by atoms with Crippen molar-refractivity contribution in [1.82, 2.24) is 10.6 Å². The van der Waals surface area contributed by atoms with Gasteiger partial charge in [0.15, 0.2) is 6.10 Å². The minimum atomic E-state index is -1.12. The molecule has 0 bridgehead atoms. The minimum Gasteiger partial charge on any atom is -0.479 e. The number of benzene rings is 2. The van der Waals surface area contributed by atoms with E-state index in [1.54, 1.807) is 11.8 Å². The predicted octanol–water partition coefficient (Wildman–Crippen LogP) is 3.01. The standard InChI is InChI=1S/C25H28N2O6S/c1-34-13-11-21(23(28)26-20-10-12-32-22(20)24(29)30)27-25(31)33-14-19-17-8-4-2-6-15(17)16-7-3-5-9-18(16)19/h2-9,19-22H,10-14H2,1H3,(H,26,28)(H,27,31)(H,29,30). The zero-order chi connectivity index (χ0) is 24.1. The highest BCUT2D eigenvalue weighted by Gasteiger charge is 2.37. The highest BCUT2D eigenvalue weighted by Crippen LogP contribution is 2.44. The molecule has 1 saturated heterocycles. The van der Waals surface area contributed by atoms with E-state index in [-0.39, 0.29) is 19.1 Å². The Morgan fingerprint density at radius 2 is 1.76 bits per heavy atom. The van der Waals surface area contributed by atoms with Gasteiger partial charge in [-0.3, -0.25) is 4.79 Å². The number of nitrogens with one attached hydrogen (secondary N) is 2. The number of hydrogen-bond donors (Lipinski definition) is 3. The first-order valence-corrected chi connectivity index (χ1v) is 12.6. The molecule has 8 nitrogen and oxygen atoms in total. The number of carboxylic acids is 1. The van der Waals surface area contributed by atoms with E-state index in [2.05, 4.69) is 22.8 Å². The van der Waals surface area contributed by atoms with E-state index in [0.717, 1.165) is 22.3 Å². The fraction of sp³-hybridized carbons (Fsp3) is 0.400. The van der Waals surface area contributed by atoms with Gasteiger partial charge < -0.3 is 25.2 Å². The molecule has 0 aromatic heterocycles. The predicted molar refractivity (Wildman–Crippen MR) is 129 cm³/mol. The lowest BCUT2D eigenvalue weighted by Crippen LogP contribution is -2.53. The molecule has 4 rings (SSSR count). The average Bonchev–Trinajstić information content (AvgIpc) is 3.43. The van der Waals surface area contributed by atoms with Crippen molar-refractivity contribution in [3.8, 4) is 11.1 Å². The second-order valence-corrected chi connectivity index (χ2v) is 9.32. The number of fused-ring (bicyclic) bond motifs is 3. The molecule has 1 aliphatic heterocycles. The summed E-state index contributed by atoms with van der Waals surface area (Å²) in [5, 5.41) is 14.7. The largest absolute Gasteiger partial charge is 0.479 e. The lowest BCUT2D eigenvalue weighted by Gasteiger charge is -2.22. The van der Waals surface area contributed by atoms with Crippen LogP contribution in [0.5, 0.6) is 0 Å². The molecule has 1 aliphatic carbocycles. The third-order valence-electron chi connectivity index (χ3n) is 6.23. The molecule has 9 heteroatoms. The second-order valence-electron chi connectivity index (χ2n) is 8.34. The molecule has 3 unspecified atom stereocenters. The molecule has 3 atom stereocenters. The highest BCUT2D eigenvalue weighted by atomic mass is 32.2. The van der Waals surface area contributed by atoms with E-state index in [1.807, 2.05) is 42.7 Å². The van der Waals surface area contributed by atoms with Crippen LogP contribution in [-0.4, -0.2) is 66.5 Å². The molecule has 0 saturated carbocycles. The zero-order valence-electron chi connectivity index (χ0n) is 18.9. The van der Waals surface area contributed by atoms with Crippen molar-refractivity contribution in [1.29, 1.82) is 0 Å². The van der Waals surface area contributed by atoms with Crippen LogP contribution in [0.25, 0.3) is 11.1 Å². The molecule has 0 radical (unpaired) electrons. The van der Waals surface area contributed by atoms with Crippen LogP contribution in [0.15, 0.2) is 48.5 Å². The maximum Gasteiger partial charge on any atom is 0.407 e. The Bertz CT molecular complexity index is 1020. The Balaban J connectivity index is 1.39. The number of amides is 2. The molecule has 3 N–H and O–H groups in total. The van der Waals surface area contributed by atoms with Crippen LogP contribution < -0.4 is 10.6 Å². The molecular weight excluding hydrogens is 456 g/mol. The van der Waals surface area contributed by atoms with Gasteiger partial charge in [0.2, 0.25) is 5.91 Å². The van der Waals surface area contributed by atoms with Gasteiger partial charge in [0.05, 0.1) is 6.04 Å². The summed E-state index contributed by atoms with van der Waals surface area (Å²) >= 11 is 1.55. The number of thioether (sulfide) groups is 1. The first-order chi connectivity index (χ1) is 16.5. The van der Waals surface area contributed by atoms with Gasteiger partial charge in [0.1, 0.15) is 12.6 Å². The summed E-state index contributed by atoms with van der Waals surface area (Å²) in [5.74, 6) is -0.994. The summed E-state index contributed by atoms with van der Waals surface area (Å²) in [6.45, 7) is 0.408. The van der Waals surface area contributed by atoms with Gasteiger partial charge in [-0.15, -0.1) is 0 Å². The number of carbonyl (C=O) groups excluding carboxylic acids is 2. The molecule has 180 valence electrons. The van der Waals surface area contributed by atoms with E-state index < -0.39 is 36.2 Å². The SMILES string of the molecule is CSCCC(NC(=O)OCC1c2ccccc2-c2ccccc21)C(=O)NC1CCOC1C(=O)O. The van der Waals surface area contributed by atoms with Gasteiger partial charge in [0, 0.05) is 12.5 Å². The third-order valence-corrected chi connectivity index (χ3v) is 6.87. The first kappa shape index (κ1) is 24.1. The number of hydrogen-bond acceptors (Lipinski definition) is 6. The van der Waals surface area contributed by atoms with Crippen LogP contribution in [-0.2, 0) is 19.1 Å². The summed E-state index contributed by atoms with van der Waals surface area (Å²) in [6, 6.07) is 14.7. The average molecular weight is 485 g/mol. The van der Waals surface area contributed by atoms with Crippen molar-refractivity contribution in [2.45, 2.75) is 36.9 Å². The fourth-order valence-corrected chi connectivity index (χ4v) is 5.02. The van der Waals surface area contributed by atoms with Gasteiger partial charge in [-0.05, 0) is 47.1 Å². The second kappa shape index (κ2) is 10.9. The molecule has 2 aromatic rings. The number of carbonyl (C=O) groups is 3. The molecule has 2 amide bonds. The quantitative estimate of drug-likeness (QED) is 0.501. The normalized spacial score (nSPS) is 19.7. The summed E-state index contributed by atoms with van der Waals surface area (Å²) in [6.07, 6.45) is 0.944. The van der Waals surface area contributed by atoms with E-state index in [4.69, 9.17) is 9.47 Å². The van der Waals surface area contributed by atoms with Crippen molar-refractivity contribution in [2.75, 3.05) is 25.2 Å². The molecule has 34 heavy (non-hydrogen) atoms. The van der Waals surface area contributed by atoms with Crippen LogP contribution in [0.3, 0.4) is 0 Å². The Labute approximate surface area is 202 Å². The monoisotopic (exact) mass is 484 g/mol. The Morgan fingerprint density at radius 3 is 2.38 bits per heavy atom. The third kappa shape index (κ3) is 5.20. The molecule has 1 fully saturated rings. The van der Waals surface area contributed by atoms with Crippen LogP contribution in [0.2, 0.25) is 0 Å². The van der Waals surface area contributed by atoms with Gasteiger partial charge in [-0.2, -0.15) is 11.8 Å².